The maximum absolute atomic E-state index is 12.6. The van der Waals surface area contributed by atoms with Crippen LogP contribution in [-0.4, -0.2) is 18.6 Å². The van der Waals surface area contributed by atoms with Crippen LogP contribution in [0.5, 0.6) is 5.75 Å². The minimum absolute atomic E-state index is 0.0196. The van der Waals surface area contributed by atoms with Gasteiger partial charge in [-0.15, -0.1) is 0 Å². The van der Waals surface area contributed by atoms with Gasteiger partial charge in [0.05, 0.1) is 0 Å². The van der Waals surface area contributed by atoms with E-state index < -0.39 is 6.10 Å². The predicted molar refractivity (Wildman–Crippen MR) is 143 cm³/mol. The van der Waals surface area contributed by atoms with Gasteiger partial charge in [0.1, 0.15) is 5.75 Å². The smallest absolute Gasteiger partial charge is 0.261 e. The molecular formula is C30H53NO2. The fourth-order valence-electron chi connectivity index (χ4n) is 4.34. The molecule has 0 saturated carbocycles. The Hall–Kier alpha value is -1.51. The Morgan fingerprint density at radius 3 is 1.79 bits per heavy atom. The Labute approximate surface area is 205 Å². The van der Waals surface area contributed by atoms with Crippen LogP contribution < -0.4 is 10.1 Å². The van der Waals surface area contributed by atoms with Gasteiger partial charge in [-0.2, -0.15) is 0 Å². The summed E-state index contributed by atoms with van der Waals surface area (Å²) in [6, 6.07) is 8.14. The number of rotatable bonds is 21. The Morgan fingerprint density at radius 1 is 0.758 bits per heavy atom. The number of hydrogen-bond donors (Lipinski definition) is 1. The fourth-order valence-corrected chi connectivity index (χ4v) is 4.34. The van der Waals surface area contributed by atoms with Crippen molar-refractivity contribution in [3.05, 3.63) is 29.8 Å². The van der Waals surface area contributed by atoms with Crippen molar-refractivity contribution >= 4 is 5.91 Å². The number of hydrogen-bond acceptors (Lipinski definition) is 2. The van der Waals surface area contributed by atoms with E-state index in [-0.39, 0.29) is 5.91 Å². The van der Waals surface area contributed by atoms with Crippen molar-refractivity contribution in [3.8, 4) is 5.75 Å². The molecular weight excluding hydrogens is 406 g/mol. The van der Waals surface area contributed by atoms with Gasteiger partial charge >= 0.3 is 0 Å². The highest BCUT2D eigenvalue weighted by atomic mass is 16.5. The average Bonchev–Trinajstić information content (AvgIpc) is 2.84. The highest BCUT2D eigenvalue weighted by molar-refractivity contribution is 5.81. The van der Waals surface area contributed by atoms with Gasteiger partial charge in [0.2, 0.25) is 0 Å². The Kier molecular flexibility index (Phi) is 17.8. The van der Waals surface area contributed by atoms with Crippen molar-refractivity contribution in [3.63, 3.8) is 0 Å². The summed E-state index contributed by atoms with van der Waals surface area (Å²) in [5.41, 5.74) is 1.19. The molecule has 1 rings (SSSR count). The van der Waals surface area contributed by atoms with Gasteiger partial charge in [-0.1, -0.05) is 129 Å². The molecule has 0 aliphatic rings. The number of para-hydroxylation sites is 1. The van der Waals surface area contributed by atoms with Crippen molar-refractivity contribution in [1.82, 2.24) is 5.32 Å². The lowest BCUT2D eigenvalue weighted by atomic mass is 9.98. The van der Waals surface area contributed by atoms with E-state index >= 15 is 0 Å². The largest absolute Gasteiger partial charge is 0.480 e. The summed E-state index contributed by atoms with van der Waals surface area (Å²) in [7, 11) is 0. The van der Waals surface area contributed by atoms with Crippen LogP contribution in [0.15, 0.2) is 24.3 Å². The lowest BCUT2D eigenvalue weighted by Crippen LogP contribution is -2.38. The first-order valence-electron chi connectivity index (χ1n) is 14.2. The standard InChI is InChI=1S/C30H53NO2/c1-5-8-9-10-11-12-13-14-15-16-17-18-19-22-25-31-30(32)28(7-3)33-29-24-21-20-23-27(29)26(4)6-2/h20-21,23-24,26,28H,5-19,22,25H2,1-4H3,(H,31,32). The van der Waals surface area contributed by atoms with E-state index in [4.69, 9.17) is 4.74 Å². The zero-order chi connectivity index (χ0) is 24.2. The van der Waals surface area contributed by atoms with Crippen LogP contribution in [0.2, 0.25) is 0 Å². The number of carbonyl (C=O) groups is 1. The zero-order valence-corrected chi connectivity index (χ0v) is 22.3. The van der Waals surface area contributed by atoms with Gasteiger partial charge in [-0.05, 0) is 36.8 Å². The Balaban J connectivity index is 2.09. The molecule has 0 heterocycles. The molecule has 3 nitrogen and oxygen atoms in total. The van der Waals surface area contributed by atoms with Crippen molar-refractivity contribution in [2.45, 2.75) is 142 Å². The highest BCUT2D eigenvalue weighted by Gasteiger charge is 2.20. The first-order chi connectivity index (χ1) is 16.1. The molecule has 0 aliphatic heterocycles. The number of unbranched alkanes of at least 4 members (excludes halogenated alkanes) is 13. The summed E-state index contributed by atoms with van der Waals surface area (Å²) in [5.74, 6) is 1.30. The number of amides is 1. The average molecular weight is 460 g/mol. The molecule has 3 heteroatoms. The topological polar surface area (TPSA) is 38.3 Å². The van der Waals surface area contributed by atoms with Gasteiger partial charge < -0.3 is 10.1 Å². The van der Waals surface area contributed by atoms with E-state index in [1.807, 2.05) is 25.1 Å². The van der Waals surface area contributed by atoms with Crippen LogP contribution in [0.3, 0.4) is 0 Å². The third kappa shape index (κ3) is 13.7. The highest BCUT2D eigenvalue weighted by Crippen LogP contribution is 2.29. The van der Waals surface area contributed by atoms with Crippen molar-refractivity contribution in [1.29, 1.82) is 0 Å². The molecule has 0 spiro atoms. The van der Waals surface area contributed by atoms with Gasteiger partial charge in [-0.25, -0.2) is 0 Å². The minimum atomic E-state index is -0.415. The molecule has 190 valence electrons. The minimum Gasteiger partial charge on any atom is -0.480 e. The lowest BCUT2D eigenvalue weighted by Gasteiger charge is -2.21. The van der Waals surface area contributed by atoms with Crippen LogP contribution in [0.25, 0.3) is 0 Å². The molecule has 1 N–H and O–H groups in total. The second kappa shape index (κ2) is 19.9. The molecule has 0 aromatic heterocycles. The molecule has 33 heavy (non-hydrogen) atoms. The normalized spacial score (nSPS) is 13.0. The van der Waals surface area contributed by atoms with E-state index in [1.165, 1.54) is 89.0 Å². The molecule has 1 amide bonds. The number of benzene rings is 1. The third-order valence-electron chi connectivity index (χ3n) is 6.82. The molecule has 2 atom stereocenters. The Bertz CT molecular complexity index is 601. The number of ether oxygens (including phenoxy) is 1. The summed E-state index contributed by atoms with van der Waals surface area (Å²) in [6.07, 6.45) is 20.2. The molecule has 0 radical (unpaired) electrons. The predicted octanol–water partition coefficient (Wildman–Crippen LogP) is 8.96. The summed E-state index contributed by atoms with van der Waals surface area (Å²) in [6.45, 7) is 9.44. The van der Waals surface area contributed by atoms with Gasteiger partial charge in [0, 0.05) is 6.54 Å². The van der Waals surface area contributed by atoms with Gasteiger partial charge in [-0.3, -0.25) is 4.79 Å². The lowest BCUT2D eigenvalue weighted by molar-refractivity contribution is -0.128. The molecule has 0 fully saturated rings. The number of nitrogens with one attached hydrogen (secondary N) is 1. The van der Waals surface area contributed by atoms with Gasteiger partial charge in [0.15, 0.2) is 6.10 Å². The molecule has 0 saturated heterocycles. The van der Waals surface area contributed by atoms with Crippen LogP contribution in [0.1, 0.15) is 142 Å². The van der Waals surface area contributed by atoms with Crippen molar-refractivity contribution in [2.75, 3.05) is 6.54 Å². The first kappa shape index (κ1) is 29.5. The van der Waals surface area contributed by atoms with E-state index in [1.54, 1.807) is 0 Å². The summed E-state index contributed by atoms with van der Waals surface area (Å²) >= 11 is 0. The van der Waals surface area contributed by atoms with E-state index in [9.17, 15) is 4.79 Å². The molecule has 0 aliphatic carbocycles. The van der Waals surface area contributed by atoms with Crippen molar-refractivity contribution in [2.24, 2.45) is 0 Å². The summed E-state index contributed by atoms with van der Waals surface area (Å²) < 4.78 is 6.14. The van der Waals surface area contributed by atoms with E-state index in [0.717, 1.165) is 25.1 Å². The quantitative estimate of drug-likeness (QED) is 0.186. The van der Waals surface area contributed by atoms with Crippen LogP contribution in [0.4, 0.5) is 0 Å². The Morgan fingerprint density at radius 2 is 1.27 bits per heavy atom. The van der Waals surface area contributed by atoms with Crippen LogP contribution in [-0.2, 0) is 4.79 Å². The third-order valence-corrected chi connectivity index (χ3v) is 6.82. The van der Waals surface area contributed by atoms with E-state index in [0.29, 0.717) is 12.3 Å². The molecule has 1 aromatic rings. The summed E-state index contributed by atoms with van der Waals surface area (Å²) in [4.78, 5) is 12.6. The number of carbonyl (C=O) groups excluding carboxylic acids is 1. The van der Waals surface area contributed by atoms with Crippen molar-refractivity contribution < 1.29 is 9.53 Å². The zero-order valence-electron chi connectivity index (χ0n) is 22.3. The molecule has 0 bridgehead atoms. The molecule has 1 aromatic carbocycles. The van der Waals surface area contributed by atoms with Gasteiger partial charge in [0.25, 0.3) is 5.91 Å². The molecule has 2 unspecified atom stereocenters. The second-order valence-electron chi connectivity index (χ2n) is 9.75. The second-order valence-corrected chi connectivity index (χ2v) is 9.75. The summed E-state index contributed by atoms with van der Waals surface area (Å²) in [5, 5.41) is 3.10. The van der Waals surface area contributed by atoms with Crippen LogP contribution >= 0.6 is 0 Å². The maximum Gasteiger partial charge on any atom is 0.261 e. The maximum atomic E-state index is 12.6. The first-order valence-corrected chi connectivity index (χ1v) is 14.2. The fraction of sp³-hybridized carbons (Fsp3) is 0.767. The monoisotopic (exact) mass is 459 g/mol. The SMILES string of the molecule is CCCCCCCCCCCCCCCCNC(=O)C(CC)Oc1ccccc1C(C)CC. The van der Waals surface area contributed by atoms with Crippen LogP contribution in [0, 0.1) is 0 Å². The van der Waals surface area contributed by atoms with E-state index in [2.05, 4.69) is 32.2 Å².